The number of carbonyl (C=O) groups is 1. The Hall–Kier alpha value is -1.87. The second-order valence-corrected chi connectivity index (χ2v) is 4.31. The van der Waals surface area contributed by atoms with Crippen LogP contribution in [0.5, 0.6) is 0 Å². The molecule has 2 aromatic rings. The molecule has 0 saturated heterocycles. The van der Waals surface area contributed by atoms with Gasteiger partial charge in [-0.3, -0.25) is 4.79 Å². The van der Waals surface area contributed by atoms with E-state index >= 15 is 0 Å². The van der Waals surface area contributed by atoms with E-state index in [4.69, 9.17) is 11.6 Å². The number of halogens is 2. The van der Waals surface area contributed by atoms with Gasteiger partial charge in [-0.05, 0) is 36.8 Å². The van der Waals surface area contributed by atoms with Crippen LogP contribution in [0, 0.1) is 12.7 Å². The molecule has 2 rings (SSSR count). The summed E-state index contributed by atoms with van der Waals surface area (Å²) >= 11 is 5.92. The van der Waals surface area contributed by atoms with Gasteiger partial charge >= 0.3 is 0 Å². The molecule has 1 N–H and O–H groups in total. The van der Waals surface area contributed by atoms with Gasteiger partial charge in [0.25, 0.3) is 5.91 Å². The van der Waals surface area contributed by atoms with Crippen molar-refractivity contribution >= 4 is 23.2 Å². The SMILES string of the molecule is Cc1ccc(C(=O)Nc2ccccc2Cl)cc1F. The van der Waals surface area contributed by atoms with Gasteiger partial charge in [-0.25, -0.2) is 4.39 Å². The molecule has 1 amide bonds. The Morgan fingerprint density at radius 2 is 1.94 bits per heavy atom. The Morgan fingerprint density at radius 1 is 1.22 bits per heavy atom. The third kappa shape index (κ3) is 2.68. The predicted molar refractivity (Wildman–Crippen MR) is 70.5 cm³/mol. The number of rotatable bonds is 2. The van der Waals surface area contributed by atoms with E-state index in [-0.39, 0.29) is 11.5 Å². The Bertz CT molecular complexity index is 598. The third-order valence-electron chi connectivity index (χ3n) is 2.56. The van der Waals surface area contributed by atoms with Crippen LogP contribution < -0.4 is 5.32 Å². The molecule has 0 fully saturated rings. The van der Waals surface area contributed by atoms with E-state index in [0.29, 0.717) is 16.3 Å². The van der Waals surface area contributed by atoms with Crippen LogP contribution in [0.1, 0.15) is 15.9 Å². The summed E-state index contributed by atoms with van der Waals surface area (Å²) in [6.07, 6.45) is 0. The molecule has 0 radical (unpaired) electrons. The summed E-state index contributed by atoms with van der Waals surface area (Å²) < 4.78 is 13.4. The van der Waals surface area contributed by atoms with Gasteiger partial charge in [0.1, 0.15) is 5.82 Å². The highest BCUT2D eigenvalue weighted by atomic mass is 35.5. The number of carbonyl (C=O) groups excluding carboxylic acids is 1. The average molecular weight is 264 g/mol. The quantitative estimate of drug-likeness (QED) is 0.870. The van der Waals surface area contributed by atoms with Crippen molar-refractivity contribution in [2.24, 2.45) is 0 Å². The Kier molecular flexibility index (Phi) is 3.63. The number of nitrogens with one attached hydrogen (secondary N) is 1. The number of para-hydroxylation sites is 1. The second-order valence-electron chi connectivity index (χ2n) is 3.90. The average Bonchev–Trinajstić information content (AvgIpc) is 2.35. The minimum absolute atomic E-state index is 0.262. The van der Waals surface area contributed by atoms with Crippen LogP contribution in [-0.4, -0.2) is 5.91 Å². The lowest BCUT2D eigenvalue weighted by Crippen LogP contribution is -2.12. The van der Waals surface area contributed by atoms with Crippen molar-refractivity contribution in [3.63, 3.8) is 0 Å². The smallest absolute Gasteiger partial charge is 0.255 e. The lowest BCUT2D eigenvalue weighted by atomic mass is 10.1. The van der Waals surface area contributed by atoms with Gasteiger partial charge in [-0.2, -0.15) is 0 Å². The van der Waals surface area contributed by atoms with Crippen molar-refractivity contribution < 1.29 is 9.18 Å². The normalized spacial score (nSPS) is 10.2. The van der Waals surface area contributed by atoms with Crippen LogP contribution in [0.4, 0.5) is 10.1 Å². The highest BCUT2D eigenvalue weighted by molar-refractivity contribution is 6.33. The Morgan fingerprint density at radius 3 is 2.61 bits per heavy atom. The fraction of sp³-hybridized carbons (Fsp3) is 0.0714. The van der Waals surface area contributed by atoms with Crippen LogP contribution in [0.3, 0.4) is 0 Å². The summed E-state index contributed by atoms with van der Waals surface area (Å²) in [7, 11) is 0. The highest BCUT2D eigenvalue weighted by Crippen LogP contribution is 2.21. The molecule has 92 valence electrons. The summed E-state index contributed by atoms with van der Waals surface area (Å²) in [6.45, 7) is 1.64. The molecule has 0 aliphatic carbocycles. The molecule has 0 aromatic heterocycles. The standard InChI is InChI=1S/C14H11ClFNO/c1-9-6-7-10(8-12(9)16)14(18)17-13-5-3-2-4-11(13)15/h2-8H,1H3,(H,17,18). The summed E-state index contributed by atoms with van der Waals surface area (Å²) in [5.74, 6) is -0.788. The monoisotopic (exact) mass is 263 g/mol. The van der Waals surface area contributed by atoms with Crippen molar-refractivity contribution in [3.8, 4) is 0 Å². The molecule has 0 spiro atoms. The molecule has 18 heavy (non-hydrogen) atoms. The van der Waals surface area contributed by atoms with Crippen LogP contribution in [0.25, 0.3) is 0 Å². The van der Waals surface area contributed by atoms with Crippen LogP contribution in [0.15, 0.2) is 42.5 Å². The first kappa shape index (κ1) is 12.6. The maximum absolute atomic E-state index is 13.4. The molecule has 4 heteroatoms. The van der Waals surface area contributed by atoms with E-state index in [0.717, 1.165) is 0 Å². The van der Waals surface area contributed by atoms with Crippen LogP contribution in [0.2, 0.25) is 5.02 Å². The minimum Gasteiger partial charge on any atom is -0.321 e. The van der Waals surface area contributed by atoms with Crippen molar-refractivity contribution in [2.45, 2.75) is 6.92 Å². The Labute approximate surface area is 109 Å². The number of hydrogen-bond donors (Lipinski definition) is 1. The maximum Gasteiger partial charge on any atom is 0.255 e. The number of amides is 1. The van der Waals surface area contributed by atoms with Gasteiger partial charge in [-0.1, -0.05) is 29.8 Å². The molecule has 0 aliphatic rings. The number of anilines is 1. The zero-order valence-corrected chi connectivity index (χ0v) is 10.5. The molecular weight excluding hydrogens is 253 g/mol. The van der Waals surface area contributed by atoms with Crippen molar-refractivity contribution in [3.05, 3.63) is 64.4 Å². The summed E-state index contributed by atoms with van der Waals surface area (Å²) in [6, 6.07) is 11.2. The van der Waals surface area contributed by atoms with Crippen LogP contribution in [-0.2, 0) is 0 Å². The largest absolute Gasteiger partial charge is 0.321 e. The second kappa shape index (κ2) is 5.19. The molecule has 0 heterocycles. The third-order valence-corrected chi connectivity index (χ3v) is 2.89. The van der Waals surface area contributed by atoms with Crippen molar-refractivity contribution in [1.29, 1.82) is 0 Å². The van der Waals surface area contributed by atoms with Gasteiger partial charge in [0.2, 0.25) is 0 Å². The van der Waals surface area contributed by atoms with E-state index < -0.39 is 5.82 Å². The van der Waals surface area contributed by atoms with E-state index in [1.165, 1.54) is 6.07 Å². The molecule has 0 bridgehead atoms. The molecule has 0 saturated carbocycles. The first-order chi connectivity index (χ1) is 8.58. The Balaban J connectivity index is 2.22. The molecule has 0 atom stereocenters. The van der Waals surface area contributed by atoms with E-state index in [2.05, 4.69) is 5.32 Å². The lowest BCUT2D eigenvalue weighted by molar-refractivity contribution is 0.102. The van der Waals surface area contributed by atoms with Gasteiger partial charge in [0.05, 0.1) is 10.7 Å². The van der Waals surface area contributed by atoms with Gasteiger partial charge in [0.15, 0.2) is 0 Å². The number of aryl methyl sites for hydroxylation is 1. The minimum atomic E-state index is -0.401. The number of benzene rings is 2. The summed E-state index contributed by atoms with van der Waals surface area (Å²) in [4.78, 5) is 11.9. The fourth-order valence-electron chi connectivity index (χ4n) is 1.49. The molecular formula is C14H11ClFNO. The van der Waals surface area contributed by atoms with Gasteiger partial charge in [0, 0.05) is 5.56 Å². The van der Waals surface area contributed by atoms with Crippen LogP contribution >= 0.6 is 11.6 Å². The van der Waals surface area contributed by atoms with Gasteiger partial charge < -0.3 is 5.32 Å². The first-order valence-corrected chi connectivity index (χ1v) is 5.78. The van der Waals surface area contributed by atoms with Gasteiger partial charge in [-0.15, -0.1) is 0 Å². The van der Waals surface area contributed by atoms with E-state index in [9.17, 15) is 9.18 Å². The molecule has 0 aliphatic heterocycles. The zero-order valence-electron chi connectivity index (χ0n) is 9.71. The summed E-state index contributed by atoms with van der Waals surface area (Å²) in [5.41, 5.74) is 1.27. The fourth-order valence-corrected chi connectivity index (χ4v) is 1.67. The first-order valence-electron chi connectivity index (χ1n) is 5.40. The molecule has 2 aromatic carbocycles. The van der Waals surface area contributed by atoms with Crippen molar-refractivity contribution in [2.75, 3.05) is 5.32 Å². The van der Waals surface area contributed by atoms with E-state index in [1.54, 1.807) is 43.3 Å². The predicted octanol–water partition coefficient (Wildman–Crippen LogP) is 4.04. The molecule has 2 nitrogen and oxygen atoms in total. The molecule has 0 unspecified atom stereocenters. The topological polar surface area (TPSA) is 29.1 Å². The summed E-state index contributed by atoms with van der Waals surface area (Å²) in [5, 5.41) is 3.08. The number of hydrogen-bond acceptors (Lipinski definition) is 1. The highest BCUT2D eigenvalue weighted by Gasteiger charge is 2.09. The van der Waals surface area contributed by atoms with Crippen molar-refractivity contribution in [1.82, 2.24) is 0 Å². The maximum atomic E-state index is 13.4. The van der Waals surface area contributed by atoms with E-state index in [1.807, 2.05) is 0 Å². The lowest BCUT2D eigenvalue weighted by Gasteiger charge is -2.07. The zero-order chi connectivity index (χ0) is 13.1.